The van der Waals surface area contributed by atoms with Crippen LogP contribution in [0.4, 0.5) is 17.3 Å². The van der Waals surface area contributed by atoms with Crippen molar-refractivity contribution in [1.29, 1.82) is 0 Å². The van der Waals surface area contributed by atoms with Crippen LogP contribution in [0.15, 0.2) is 0 Å². The van der Waals surface area contributed by atoms with E-state index in [4.69, 9.17) is 5.11 Å². The van der Waals surface area contributed by atoms with Crippen LogP contribution in [0.1, 0.15) is 0 Å². The minimum Gasteiger partial charge on any atom is -0.434 e. The van der Waals surface area contributed by atoms with E-state index in [9.17, 15) is 17.3 Å². The predicted octanol–water partition coefficient (Wildman–Crippen LogP) is -0.0731. The Kier molecular flexibility index (Phi) is 5.44. The molecule has 0 aliphatic rings. The second-order valence-electron chi connectivity index (χ2n) is 1.01. The van der Waals surface area contributed by atoms with Crippen molar-refractivity contribution < 1.29 is 22.4 Å². The summed E-state index contributed by atoms with van der Waals surface area (Å²) >= 11 is 0. The van der Waals surface area contributed by atoms with Crippen molar-refractivity contribution in [3.05, 3.63) is 0 Å². The van der Waals surface area contributed by atoms with E-state index in [-0.39, 0.29) is 0 Å². The largest absolute Gasteiger partial charge is 0.673 e. The zero-order chi connectivity index (χ0) is 8.78. The number of rotatable bonds is 0. The number of hydrogen-bond donors (Lipinski definition) is 2. The van der Waals surface area contributed by atoms with Crippen LogP contribution in [0, 0.1) is 0 Å². The first kappa shape index (κ1) is 11.6. The molecule has 0 aliphatic heterocycles. The molecule has 0 aromatic carbocycles. The minimum absolute atomic E-state index is 0.481. The van der Waals surface area contributed by atoms with Crippen molar-refractivity contribution in [2.24, 2.45) is 5.73 Å². The first-order valence-corrected chi connectivity index (χ1v) is 1.92. The van der Waals surface area contributed by atoms with E-state index in [1.807, 2.05) is 0 Å². The molecule has 0 saturated carbocycles. The first-order valence-electron chi connectivity index (χ1n) is 1.92. The Morgan fingerprint density at radius 2 is 1.50 bits per heavy atom. The number of amidine groups is 1. The topological polar surface area (TPSA) is 60.4 Å². The molecule has 0 aliphatic carbocycles. The van der Waals surface area contributed by atoms with Crippen LogP contribution < -0.4 is 10.4 Å². The van der Waals surface area contributed by atoms with Crippen LogP contribution in [0.2, 0.25) is 0 Å². The van der Waals surface area contributed by atoms with E-state index >= 15 is 0 Å². The fourth-order valence-corrected chi connectivity index (χ4v) is 0. The molecule has 8 heteroatoms. The standard InChI is InChI=1S/C2H4N2O.BF4/c1-4-2(3)5;2-1(3,4)5/h1H2,(H2,3,5);/q;-1/p+1. The third kappa shape index (κ3) is 334. The molecule has 0 heterocycles. The van der Waals surface area contributed by atoms with Gasteiger partial charge in [0.2, 0.25) is 0 Å². The quantitative estimate of drug-likeness (QED) is 0.171. The molecule has 0 spiro atoms. The van der Waals surface area contributed by atoms with Gasteiger partial charge in [0.1, 0.15) is 0 Å². The zero-order valence-electron chi connectivity index (χ0n) is 4.77. The molecule has 0 aromatic heterocycles. The van der Waals surface area contributed by atoms with E-state index in [1.54, 1.807) is 0 Å². The summed E-state index contributed by atoms with van der Waals surface area (Å²) in [5.41, 5.74) is 4.53. The lowest BCUT2D eigenvalue weighted by Crippen LogP contribution is -2.11. The van der Waals surface area contributed by atoms with Crippen LogP contribution in [0.3, 0.4) is 0 Å². The van der Waals surface area contributed by atoms with Gasteiger partial charge in [-0.25, -0.2) is 5.73 Å². The second kappa shape index (κ2) is 4.69. The van der Waals surface area contributed by atoms with E-state index in [2.05, 4.69) is 17.1 Å². The lowest BCUT2D eigenvalue weighted by molar-refractivity contribution is 0.368. The van der Waals surface area contributed by atoms with Crippen molar-refractivity contribution in [2.75, 3.05) is 0 Å². The summed E-state index contributed by atoms with van der Waals surface area (Å²) in [7, 11) is -6.00. The third-order valence-electron chi connectivity index (χ3n) is 0.162. The Balaban J connectivity index is 0. The summed E-state index contributed by atoms with van der Waals surface area (Å²) in [5.74, 6) is 0. The van der Waals surface area contributed by atoms with Crippen LogP contribution >= 0.6 is 0 Å². The van der Waals surface area contributed by atoms with E-state index in [0.29, 0.717) is 0 Å². The maximum atomic E-state index is 9.75. The summed E-state index contributed by atoms with van der Waals surface area (Å²) in [6.45, 7) is 2.90. The van der Waals surface area contributed by atoms with Gasteiger partial charge in [0.25, 0.3) is 0 Å². The van der Waals surface area contributed by atoms with Gasteiger partial charge < -0.3 is 22.4 Å². The highest BCUT2D eigenvalue weighted by Gasteiger charge is 2.20. The summed E-state index contributed by atoms with van der Waals surface area (Å²) in [4.78, 5) is 0. The molecule has 60 valence electrons. The van der Waals surface area contributed by atoms with Crippen LogP contribution in [0.5, 0.6) is 0 Å². The monoisotopic (exact) mass is 160 g/mol. The molecule has 0 atom stereocenters. The SMILES string of the molecule is C=[N+]=C(N)O.F[B-](F)(F)F. The molecule has 0 aromatic rings. The average Bonchev–Trinajstić information content (AvgIpc) is 1.61. The highest BCUT2D eigenvalue weighted by molar-refractivity contribution is 6.50. The van der Waals surface area contributed by atoms with Gasteiger partial charge in [0.15, 0.2) is 6.72 Å². The maximum Gasteiger partial charge on any atom is 0.673 e. The van der Waals surface area contributed by atoms with Crippen molar-refractivity contribution in [3.8, 4) is 0 Å². The fraction of sp³-hybridized carbons (Fsp3) is 0. The van der Waals surface area contributed by atoms with Gasteiger partial charge in [-0.1, -0.05) is 0 Å². The van der Waals surface area contributed by atoms with E-state index < -0.39 is 13.3 Å². The van der Waals surface area contributed by atoms with Crippen molar-refractivity contribution >= 4 is 20.0 Å². The summed E-state index contributed by atoms with van der Waals surface area (Å²) < 4.78 is 41.9. The molecule has 0 fully saturated rings. The van der Waals surface area contributed by atoms with Gasteiger partial charge in [0.05, 0.1) is 0 Å². The molecule has 0 bridgehead atoms. The van der Waals surface area contributed by atoms with Gasteiger partial charge >= 0.3 is 13.3 Å². The third-order valence-corrected chi connectivity index (χ3v) is 0.162. The number of halogens is 4. The number of hydrogen-bond acceptors (Lipinski definition) is 0. The zero-order valence-corrected chi connectivity index (χ0v) is 4.77. The summed E-state index contributed by atoms with van der Waals surface area (Å²) in [6, 6.07) is -0.481. The highest BCUT2D eigenvalue weighted by atomic mass is 19.5. The molecule has 0 radical (unpaired) electrons. The predicted molar refractivity (Wildman–Crippen MR) is 31.3 cm³/mol. The molecule has 0 rings (SSSR count). The second-order valence-corrected chi connectivity index (χ2v) is 1.01. The average molecular weight is 160 g/mol. The number of aliphatic hydroxyl groups is 1. The van der Waals surface area contributed by atoms with Gasteiger partial charge in [-0.05, 0) is 0 Å². The lowest BCUT2D eigenvalue weighted by Gasteiger charge is -1.94. The smallest absolute Gasteiger partial charge is 0.434 e. The first-order chi connectivity index (χ1) is 4.27. The Hall–Kier alpha value is -1.17. The van der Waals surface area contributed by atoms with Gasteiger partial charge in [0, 0.05) is 0 Å². The van der Waals surface area contributed by atoms with Crippen molar-refractivity contribution in [1.82, 2.24) is 4.67 Å². The molecule has 0 unspecified atom stereocenters. The molecular formula is C2H5BF4N2O. The minimum atomic E-state index is -6.00. The Morgan fingerprint density at radius 1 is 1.40 bits per heavy atom. The summed E-state index contributed by atoms with van der Waals surface area (Å²) in [5, 5.41) is 7.83. The van der Waals surface area contributed by atoms with Gasteiger partial charge in [-0.15, -0.1) is 0 Å². The van der Waals surface area contributed by atoms with Gasteiger partial charge in [-0.2, -0.15) is 4.67 Å². The Labute approximate surface area is 54.0 Å². The van der Waals surface area contributed by atoms with Crippen molar-refractivity contribution in [3.63, 3.8) is 0 Å². The van der Waals surface area contributed by atoms with Crippen LogP contribution in [-0.4, -0.2) is 25.1 Å². The molecule has 3 nitrogen and oxygen atoms in total. The maximum absolute atomic E-state index is 9.75. The molecular weight excluding hydrogens is 155 g/mol. The molecule has 10 heavy (non-hydrogen) atoms. The van der Waals surface area contributed by atoms with E-state index in [0.717, 1.165) is 0 Å². The number of nitrogens with zero attached hydrogens (tertiary/aromatic N) is 1. The normalized spacial score (nSPS) is 8.80. The van der Waals surface area contributed by atoms with Gasteiger partial charge in [-0.3, -0.25) is 0 Å². The summed E-state index contributed by atoms with van der Waals surface area (Å²) in [6.07, 6.45) is 0. The number of aliphatic hydroxyl groups excluding tert-OH is 1. The number of nitrogens with two attached hydrogens (primary N) is 1. The molecule has 3 N–H and O–H groups in total. The lowest BCUT2D eigenvalue weighted by atomic mass is 10.3. The molecule has 0 amide bonds. The highest BCUT2D eigenvalue weighted by Crippen LogP contribution is 2.06. The molecule has 0 saturated heterocycles. The van der Waals surface area contributed by atoms with Crippen LogP contribution in [0.25, 0.3) is 0 Å². The van der Waals surface area contributed by atoms with Crippen molar-refractivity contribution in [2.45, 2.75) is 0 Å². The van der Waals surface area contributed by atoms with Crippen LogP contribution in [-0.2, 0) is 0 Å². The Morgan fingerprint density at radius 3 is 1.50 bits per heavy atom. The fourth-order valence-electron chi connectivity index (χ4n) is 0. The van der Waals surface area contributed by atoms with E-state index in [1.165, 1.54) is 0 Å². The Bertz CT molecular complexity index is 129.